The van der Waals surface area contributed by atoms with E-state index < -0.39 is 11.9 Å². The minimum atomic E-state index is -0.753. The van der Waals surface area contributed by atoms with Gasteiger partial charge in [-0.3, -0.25) is 4.79 Å². The number of aliphatic carboxylic acids is 1. The summed E-state index contributed by atoms with van der Waals surface area (Å²) in [6.45, 7) is 2.76. The zero-order chi connectivity index (χ0) is 15.9. The Bertz CT molecular complexity index is 747. The first-order chi connectivity index (χ1) is 10.5. The molecule has 114 valence electrons. The number of benzene rings is 1. The molecule has 1 unspecified atom stereocenters. The third-order valence-electron chi connectivity index (χ3n) is 4.14. The van der Waals surface area contributed by atoms with Crippen molar-refractivity contribution in [2.24, 2.45) is 0 Å². The van der Waals surface area contributed by atoms with Crippen LogP contribution >= 0.6 is 24.0 Å². The molecule has 1 N–H and O–H groups in total. The van der Waals surface area contributed by atoms with Gasteiger partial charge in [0.15, 0.2) is 0 Å². The van der Waals surface area contributed by atoms with Gasteiger partial charge in [0.1, 0.15) is 0 Å². The molecule has 5 heteroatoms. The molecule has 0 fully saturated rings. The molecule has 3 nitrogen and oxygen atoms in total. The number of aromatic nitrogens is 1. The Balaban J connectivity index is 2.07. The first-order valence-electron chi connectivity index (χ1n) is 7.14. The van der Waals surface area contributed by atoms with Crippen LogP contribution in [0.1, 0.15) is 34.9 Å². The van der Waals surface area contributed by atoms with E-state index in [2.05, 4.69) is 4.57 Å². The summed E-state index contributed by atoms with van der Waals surface area (Å²) in [6.07, 6.45) is 2.64. The van der Waals surface area contributed by atoms with E-state index in [4.69, 9.17) is 12.2 Å². The second kappa shape index (κ2) is 5.89. The fraction of sp³-hybridized carbons (Fsp3) is 0.294. The Morgan fingerprint density at radius 3 is 2.64 bits per heavy atom. The molecule has 1 atom stereocenters. The Morgan fingerprint density at radius 1 is 1.36 bits per heavy atom. The maximum Gasteiger partial charge on any atom is 0.312 e. The average Bonchev–Trinajstić information content (AvgIpc) is 3.05. The Kier molecular flexibility index (Phi) is 4.10. The number of carboxylic acids is 1. The second-order valence-electron chi connectivity index (χ2n) is 5.51. The van der Waals surface area contributed by atoms with Crippen molar-refractivity contribution in [1.82, 2.24) is 4.57 Å². The van der Waals surface area contributed by atoms with Crippen molar-refractivity contribution in [3.63, 3.8) is 0 Å². The van der Waals surface area contributed by atoms with Crippen LogP contribution in [-0.2, 0) is 11.3 Å². The summed E-state index contributed by atoms with van der Waals surface area (Å²) in [5.74, 6) is -1.17. The molecule has 2 aromatic rings. The largest absolute Gasteiger partial charge is 0.481 e. The molecule has 0 spiro atoms. The van der Waals surface area contributed by atoms with Gasteiger partial charge >= 0.3 is 5.97 Å². The highest BCUT2D eigenvalue weighted by atomic mass is 32.2. The SMILES string of the molecule is CSc1cc2n(c1C(=S)c1ccc(C)cc1)CCC2C(=O)O. The predicted octanol–water partition coefficient (Wildman–Crippen LogP) is 3.86. The molecule has 0 aliphatic carbocycles. The molecular weight excluding hydrogens is 314 g/mol. The molecule has 1 aromatic carbocycles. The molecule has 0 saturated carbocycles. The first kappa shape index (κ1) is 15.3. The molecule has 3 rings (SSSR count). The first-order valence-corrected chi connectivity index (χ1v) is 8.77. The summed E-state index contributed by atoms with van der Waals surface area (Å²) in [6, 6.07) is 10.2. The zero-order valence-electron chi connectivity index (χ0n) is 12.5. The van der Waals surface area contributed by atoms with Crippen molar-refractivity contribution in [3.05, 3.63) is 52.8 Å². The number of rotatable bonds is 4. The van der Waals surface area contributed by atoms with Crippen molar-refractivity contribution in [1.29, 1.82) is 0 Å². The van der Waals surface area contributed by atoms with Gasteiger partial charge in [-0.05, 0) is 31.2 Å². The average molecular weight is 331 g/mol. The van der Waals surface area contributed by atoms with Crippen LogP contribution in [0, 0.1) is 6.92 Å². The van der Waals surface area contributed by atoms with E-state index in [1.807, 2.05) is 43.5 Å². The van der Waals surface area contributed by atoms with Gasteiger partial charge in [0.05, 0.1) is 16.5 Å². The third kappa shape index (κ3) is 2.48. The van der Waals surface area contributed by atoms with Crippen LogP contribution in [0.2, 0.25) is 0 Å². The molecule has 1 aliphatic heterocycles. The van der Waals surface area contributed by atoms with Gasteiger partial charge < -0.3 is 9.67 Å². The number of fused-ring (bicyclic) bond motifs is 1. The van der Waals surface area contributed by atoms with Crippen LogP contribution in [0.15, 0.2) is 35.2 Å². The van der Waals surface area contributed by atoms with Crippen molar-refractivity contribution in [2.45, 2.75) is 30.7 Å². The van der Waals surface area contributed by atoms with Crippen molar-refractivity contribution in [3.8, 4) is 0 Å². The summed E-state index contributed by atoms with van der Waals surface area (Å²) in [7, 11) is 0. The summed E-state index contributed by atoms with van der Waals surface area (Å²) < 4.78 is 2.09. The molecule has 0 bridgehead atoms. The van der Waals surface area contributed by atoms with Gasteiger partial charge in [0.2, 0.25) is 0 Å². The van der Waals surface area contributed by atoms with Gasteiger partial charge in [-0.25, -0.2) is 0 Å². The van der Waals surface area contributed by atoms with Gasteiger partial charge in [0.25, 0.3) is 0 Å². The topological polar surface area (TPSA) is 42.2 Å². The fourth-order valence-corrected chi connectivity index (χ4v) is 4.03. The highest BCUT2D eigenvalue weighted by Crippen LogP contribution is 2.37. The normalized spacial score (nSPS) is 16.5. The molecule has 1 aliphatic rings. The number of carbonyl (C=O) groups is 1. The van der Waals surface area contributed by atoms with Crippen molar-refractivity contribution in [2.75, 3.05) is 6.26 Å². The van der Waals surface area contributed by atoms with Crippen LogP contribution in [0.4, 0.5) is 0 Å². The summed E-state index contributed by atoms with van der Waals surface area (Å²) in [5.41, 5.74) is 4.07. The Morgan fingerprint density at radius 2 is 2.05 bits per heavy atom. The molecular formula is C17H17NO2S2. The van der Waals surface area contributed by atoms with E-state index >= 15 is 0 Å². The van der Waals surface area contributed by atoms with E-state index in [1.54, 1.807) is 11.8 Å². The van der Waals surface area contributed by atoms with Gasteiger partial charge in [-0.15, -0.1) is 11.8 Å². The van der Waals surface area contributed by atoms with Crippen LogP contribution in [0.3, 0.4) is 0 Å². The smallest absolute Gasteiger partial charge is 0.312 e. The third-order valence-corrected chi connectivity index (χ3v) is 5.32. The van der Waals surface area contributed by atoms with Gasteiger partial charge in [0, 0.05) is 17.1 Å². The van der Waals surface area contributed by atoms with Crippen molar-refractivity contribution >= 4 is 34.8 Å². The quantitative estimate of drug-likeness (QED) is 0.525. The number of nitrogens with zero attached hydrogens (tertiary/aromatic N) is 1. The Labute approximate surface area is 139 Å². The number of thioether (sulfide) groups is 1. The van der Waals surface area contributed by atoms with Crippen molar-refractivity contribution < 1.29 is 9.90 Å². The monoisotopic (exact) mass is 331 g/mol. The maximum absolute atomic E-state index is 11.4. The fourth-order valence-electron chi connectivity index (χ4n) is 2.96. The number of carboxylic acid groups (broad SMARTS) is 1. The lowest BCUT2D eigenvalue weighted by Gasteiger charge is -2.10. The van der Waals surface area contributed by atoms with Gasteiger partial charge in [-0.1, -0.05) is 42.0 Å². The summed E-state index contributed by atoms with van der Waals surface area (Å²) >= 11 is 7.32. The van der Waals surface area contributed by atoms with E-state index in [1.165, 1.54) is 5.56 Å². The van der Waals surface area contributed by atoms with Crippen LogP contribution in [0.5, 0.6) is 0 Å². The van der Waals surface area contributed by atoms with E-state index in [9.17, 15) is 9.90 Å². The van der Waals surface area contributed by atoms with E-state index in [0.29, 0.717) is 13.0 Å². The number of aryl methyl sites for hydroxylation is 1. The molecule has 1 aromatic heterocycles. The number of hydrogen-bond donors (Lipinski definition) is 1. The zero-order valence-corrected chi connectivity index (χ0v) is 14.1. The standard InChI is InChI=1S/C17H17NO2S2/c1-10-3-5-11(6-4-10)16(21)15-14(22-2)9-13-12(17(19)20)7-8-18(13)15/h3-6,9,12H,7-8H2,1-2H3,(H,19,20). The molecule has 2 heterocycles. The van der Waals surface area contributed by atoms with Crippen LogP contribution in [0.25, 0.3) is 0 Å². The highest BCUT2D eigenvalue weighted by Gasteiger charge is 2.33. The van der Waals surface area contributed by atoms with Gasteiger partial charge in [-0.2, -0.15) is 0 Å². The highest BCUT2D eigenvalue weighted by molar-refractivity contribution is 7.98. The molecule has 0 amide bonds. The lowest BCUT2D eigenvalue weighted by Crippen LogP contribution is -2.09. The summed E-state index contributed by atoms with van der Waals surface area (Å²) in [4.78, 5) is 13.3. The van der Waals surface area contributed by atoms with E-state index in [0.717, 1.165) is 26.7 Å². The molecule has 22 heavy (non-hydrogen) atoms. The minimum absolute atomic E-state index is 0.416. The number of thiocarbonyl (C=S) groups is 1. The van der Waals surface area contributed by atoms with Crippen LogP contribution < -0.4 is 0 Å². The molecule has 0 saturated heterocycles. The molecule has 0 radical (unpaired) electrons. The lowest BCUT2D eigenvalue weighted by molar-refractivity contribution is -0.138. The lowest BCUT2D eigenvalue weighted by atomic mass is 10.1. The predicted molar refractivity (Wildman–Crippen MR) is 93.2 cm³/mol. The summed E-state index contributed by atoms with van der Waals surface area (Å²) in [5, 5.41) is 9.37. The second-order valence-corrected chi connectivity index (χ2v) is 6.77. The van der Waals surface area contributed by atoms with Crippen LogP contribution in [-0.4, -0.2) is 26.8 Å². The number of hydrogen-bond acceptors (Lipinski definition) is 3. The maximum atomic E-state index is 11.4. The minimum Gasteiger partial charge on any atom is -0.481 e. The Hall–Kier alpha value is -1.59. The van der Waals surface area contributed by atoms with E-state index in [-0.39, 0.29) is 0 Å².